The van der Waals surface area contributed by atoms with E-state index in [9.17, 15) is 0 Å². The molecule has 18 heavy (non-hydrogen) atoms. The molecule has 0 spiro atoms. The molecule has 3 saturated heterocycles. The van der Waals surface area contributed by atoms with E-state index in [1.807, 2.05) is 18.2 Å². The van der Waals surface area contributed by atoms with Crippen molar-refractivity contribution in [1.82, 2.24) is 9.80 Å². The number of hydrogen-bond donors (Lipinski definition) is 1. The monoisotopic (exact) mass is 265 g/mol. The third-order valence-corrected chi connectivity index (χ3v) is 4.60. The van der Waals surface area contributed by atoms with Crippen molar-refractivity contribution in [2.75, 3.05) is 32.7 Å². The van der Waals surface area contributed by atoms with Crippen LogP contribution in [0.4, 0.5) is 0 Å². The number of rotatable bonds is 3. The van der Waals surface area contributed by atoms with Crippen molar-refractivity contribution in [3.63, 3.8) is 0 Å². The lowest BCUT2D eigenvalue weighted by Crippen LogP contribution is -2.66. The first-order valence-electron chi connectivity index (χ1n) is 6.69. The molecule has 1 aromatic carbocycles. The van der Waals surface area contributed by atoms with Crippen LogP contribution in [0.1, 0.15) is 5.56 Å². The number of nitrogens with zero attached hydrogens (tertiary/aromatic N) is 2. The molecule has 0 aromatic heterocycles. The van der Waals surface area contributed by atoms with Gasteiger partial charge in [-0.05, 0) is 18.1 Å². The Labute approximate surface area is 114 Å². The number of benzene rings is 1. The molecule has 2 unspecified atom stereocenters. The Morgan fingerprint density at radius 3 is 2.56 bits per heavy atom. The van der Waals surface area contributed by atoms with Crippen LogP contribution in [-0.2, 0) is 6.42 Å². The molecule has 1 aromatic rings. The lowest BCUT2D eigenvalue weighted by molar-refractivity contribution is 0.00259. The van der Waals surface area contributed by atoms with E-state index in [1.54, 1.807) is 0 Å². The van der Waals surface area contributed by atoms with Crippen molar-refractivity contribution in [2.24, 2.45) is 5.73 Å². The Bertz CT molecular complexity index is 415. The predicted octanol–water partition coefficient (Wildman–Crippen LogP) is 1.21. The Morgan fingerprint density at radius 1 is 1.22 bits per heavy atom. The highest BCUT2D eigenvalue weighted by molar-refractivity contribution is 6.31. The van der Waals surface area contributed by atoms with Crippen molar-refractivity contribution in [2.45, 2.75) is 18.5 Å². The molecule has 0 amide bonds. The molecular weight excluding hydrogens is 246 g/mol. The van der Waals surface area contributed by atoms with Gasteiger partial charge in [-0.2, -0.15) is 0 Å². The second-order valence-corrected chi connectivity index (χ2v) is 5.77. The maximum absolute atomic E-state index is 6.41. The van der Waals surface area contributed by atoms with Gasteiger partial charge in [-0.25, -0.2) is 0 Å². The van der Waals surface area contributed by atoms with Crippen molar-refractivity contribution in [3.8, 4) is 0 Å². The fourth-order valence-corrected chi connectivity index (χ4v) is 3.33. The SMILES string of the molecule is NC(Cc1ccccc1Cl)C1CN2CCN1CC2. The number of piperazine rings is 3. The molecule has 4 rings (SSSR count). The smallest absolute Gasteiger partial charge is 0.0438 e. The molecule has 3 nitrogen and oxygen atoms in total. The molecule has 0 radical (unpaired) electrons. The molecule has 3 fully saturated rings. The van der Waals surface area contributed by atoms with Gasteiger partial charge in [-0.15, -0.1) is 0 Å². The van der Waals surface area contributed by atoms with Crippen LogP contribution in [0.2, 0.25) is 5.02 Å². The zero-order valence-corrected chi connectivity index (χ0v) is 11.3. The lowest BCUT2D eigenvalue weighted by Gasteiger charge is -2.49. The predicted molar refractivity (Wildman–Crippen MR) is 74.9 cm³/mol. The minimum Gasteiger partial charge on any atom is -0.326 e. The van der Waals surface area contributed by atoms with E-state index in [1.165, 1.54) is 31.7 Å². The highest BCUT2D eigenvalue weighted by Crippen LogP contribution is 2.22. The summed E-state index contributed by atoms with van der Waals surface area (Å²) in [6.07, 6.45) is 0.870. The van der Waals surface area contributed by atoms with E-state index in [-0.39, 0.29) is 6.04 Å². The van der Waals surface area contributed by atoms with Gasteiger partial charge in [0.2, 0.25) is 0 Å². The Hall–Kier alpha value is -0.610. The van der Waals surface area contributed by atoms with Crippen molar-refractivity contribution < 1.29 is 0 Å². The third-order valence-electron chi connectivity index (χ3n) is 4.23. The van der Waals surface area contributed by atoms with Crippen LogP contribution in [0.15, 0.2) is 24.3 Å². The number of fused-ring (bicyclic) bond motifs is 3. The largest absolute Gasteiger partial charge is 0.326 e. The van der Waals surface area contributed by atoms with Crippen molar-refractivity contribution in [3.05, 3.63) is 34.9 Å². The summed E-state index contributed by atoms with van der Waals surface area (Å²) in [7, 11) is 0. The maximum Gasteiger partial charge on any atom is 0.0438 e. The molecule has 2 bridgehead atoms. The highest BCUT2D eigenvalue weighted by atomic mass is 35.5. The number of hydrogen-bond acceptors (Lipinski definition) is 3. The van der Waals surface area contributed by atoms with Gasteiger partial charge in [0.1, 0.15) is 0 Å². The highest BCUT2D eigenvalue weighted by Gasteiger charge is 2.35. The Kier molecular flexibility index (Phi) is 3.57. The average Bonchev–Trinajstić information content (AvgIpc) is 2.42. The van der Waals surface area contributed by atoms with Crippen LogP contribution in [0, 0.1) is 0 Å². The first kappa shape index (κ1) is 12.4. The average molecular weight is 266 g/mol. The van der Waals surface area contributed by atoms with Gasteiger partial charge in [-0.1, -0.05) is 29.8 Å². The van der Waals surface area contributed by atoms with E-state index in [2.05, 4.69) is 15.9 Å². The third kappa shape index (κ3) is 2.41. The van der Waals surface area contributed by atoms with Crippen molar-refractivity contribution in [1.29, 1.82) is 0 Å². The quantitative estimate of drug-likeness (QED) is 0.892. The Balaban J connectivity index is 1.68. The lowest BCUT2D eigenvalue weighted by atomic mass is 9.95. The normalized spacial score (nSPS) is 32.4. The topological polar surface area (TPSA) is 32.5 Å². The summed E-state index contributed by atoms with van der Waals surface area (Å²) in [5.41, 5.74) is 7.58. The summed E-state index contributed by atoms with van der Waals surface area (Å²) >= 11 is 6.21. The van der Waals surface area contributed by atoms with Crippen LogP contribution in [0.3, 0.4) is 0 Å². The molecule has 3 aliphatic heterocycles. The zero-order chi connectivity index (χ0) is 12.5. The summed E-state index contributed by atoms with van der Waals surface area (Å²) in [6, 6.07) is 8.69. The molecule has 2 atom stereocenters. The molecule has 0 saturated carbocycles. The van der Waals surface area contributed by atoms with Crippen LogP contribution in [0.25, 0.3) is 0 Å². The fourth-order valence-electron chi connectivity index (χ4n) is 3.12. The van der Waals surface area contributed by atoms with Gasteiger partial charge in [0.05, 0.1) is 0 Å². The first-order chi connectivity index (χ1) is 8.74. The van der Waals surface area contributed by atoms with Gasteiger partial charge in [-0.3, -0.25) is 9.80 Å². The van der Waals surface area contributed by atoms with Crippen LogP contribution in [-0.4, -0.2) is 54.6 Å². The van der Waals surface area contributed by atoms with E-state index < -0.39 is 0 Å². The van der Waals surface area contributed by atoms with E-state index in [0.717, 1.165) is 18.0 Å². The first-order valence-corrected chi connectivity index (χ1v) is 7.07. The zero-order valence-electron chi connectivity index (χ0n) is 10.6. The van der Waals surface area contributed by atoms with E-state index in [0.29, 0.717) is 6.04 Å². The molecule has 4 heteroatoms. The van der Waals surface area contributed by atoms with Gasteiger partial charge >= 0.3 is 0 Å². The van der Waals surface area contributed by atoms with Gasteiger partial charge in [0.25, 0.3) is 0 Å². The van der Waals surface area contributed by atoms with Crippen LogP contribution in [0.5, 0.6) is 0 Å². The van der Waals surface area contributed by atoms with E-state index in [4.69, 9.17) is 17.3 Å². The number of nitrogens with two attached hydrogens (primary N) is 1. The van der Waals surface area contributed by atoms with Crippen LogP contribution < -0.4 is 5.73 Å². The molecule has 0 aliphatic carbocycles. The van der Waals surface area contributed by atoms with Crippen LogP contribution >= 0.6 is 11.6 Å². The van der Waals surface area contributed by atoms with Gasteiger partial charge < -0.3 is 5.73 Å². The fraction of sp³-hybridized carbons (Fsp3) is 0.571. The van der Waals surface area contributed by atoms with Gasteiger partial charge in [0.15, 0.2) is 0 Å². The number of halogens is 1. The Morgan fingerprint density at radius 2 is 1.94 bits per heavy atom. The van der Waals surface area contributed by atoms with Gasteiger partial charge in [0, 0.05) is 49.8 Å². The summed E-state index contributed by atoms with van der Waals surface area (Å²) in [4.78, 5) is 5.07. The maximum atomic E-state index is 6.41. The summed E-state index contributed by atoms with van der Waals surface area (Å²) in [5, 5.41) is 0.837. The summed E-state index contributed by atoms with van der Waals surface area (Å²) in [6.45, 7) is 5.86. The van der Waals surface area contributed by atoms with E-state index >= 15 is 0 Å². The molecule has 3 aliphatic rings. The molecule has 3 heterocycles. The molecule has 98 valence electrons. The standard InChI is InChI=1S/C14H20ClN3/c15-12-4-2-1-3-11(12)9-13(16)14-10-17-5-7-18(14)8-6-17/h1-4,13-14H,5-10,16H2. The minimum atomic E-state index is 0.174. The summed E-state index contributed by atoms with van der Waals surface area (Å²) < 4.78 is 0. The van der Waals surface area contributed by atoms with Crippen molar-refractivity contribution >= 4 is 11.6 Å². The second-order valence-electron chi connectivity index (χ2n) is 5.36. The summed E-state index contributed by atoms with van der Waals surface area (Å²) in [5.74, 6) is 0. The minimum absolute atomic E-state index is 0.174. The second kappa shape index (κ2) is 5.17. The molecule has 2 N–H and O–H groups in total. The molecular formula is C14H20ClN3.